The number of sulfonamides is 1. The predicted molar refractivity (Wildman–Crippen MR) is 109 cm³/mol. The first-order valence-corrected chi connectivity index (χ1v) is 11.0. The van der Waals surface area contributed by atoms with Crippen LogP contribution in [0.2, 0.25) is 0 Å². The van der Waals surface area contributed by atoms with E-state index in [4.69, 9.17) is 14.2 Å². The number of ether oxygens (including phenoxy) is 3. The van der Waals surface area contributed by atoms with Crippen LogP contribution >= 0.6 is 0 Å². The quantitative estimate of drug-likeness (QED) is 0.341. The van der Waals surface area contributed by atoms with E-state index in [-0.39, 0.29) is 36.2 Å². The Hall–Kier alpha value is -3.02. The summed E-state index contributed by atoms with van der Waals surface area (Å²) < 4.78 is 42.2. The summed E-state index contributed by atoms with van der Waals surface area (Å²) in [4.78, 5) is 23.1. The number of hydrogen-bond donors (Lipinski definition) is 0. The summed E-state index contributed by atoms with van der Waals surface area (Å²) in [6.45, 7) is 4.06. The highest BCUT2D eigenvalue weighted by Crippen LogP contribution is 2.33. The molecule has 0 unspecified atom stereocenters. The van der Waals surface area contributed by atoms with E-state index in [1.807, 2.05) is 0 Å². The third-order valence-corrected chi connectivity index (χ3v) is 6.84. The summed E-state index contributed by atoms with van der Waals surface area (Å²) in [5.41, 5.74) is 0.839. The Morgan fingerprint density at radius 1 is 1.19 bits per heavy atom. The standard InChI is InChI=1S/C20H22N2O8S/c1-3-21(4-2)31(26,27)18-7-5-14(6-8-18)20(23)29-12-16-10-17(22(24)25)9-15-11-28-13-30-19(15)16/h5-10H,3-4,11-13H2,1-2H3. The fraction of sp³-hybridized carbons (Fsp3) is 0.350. The topological polar surface area (TPSA) is 125 Å². The molecule has 0 N–H and O–H groups in total. The van der Waals surface area contributed by atoms with Crippen molar-refractivity contribution in [3.8, 4) is 5.75 Å². The van der Waals surface area contributed by atoms with E-state index < -0.39 is 20.9 Å². The molecule has 0 aromatic heterocycles. The Bertz CT molecular complexity index is 1080. The maximum Gasteiger partial charge on any atom is 0.338 e. The third kappa shape index (κ3) is 4.84. The smallest absolute Gasteiger partial charge is 0.338 e. The molecule has 0 fully saturated rings. The second kappa shape index (κ2) is 9.41. The zero-order valence-electron chi connectivity index (χ0n) is 17.1. The maximum atomic E-state index is 12.5. The van der Waals surface area contributed by atoms with Crippen LogP contribution in [0, 0.1) is 10.1 Å². The number of rotatable bonds is 8. The van der Waals surface area contributed by atoms with Gasteiger partial charge in [-0.2, -0.15) is 4.31 Å². The molecule has 0 saturated carbocycles. The van der Waals surface area contributed by atoms with Gasteiger partial charge < -0.3 is 14.2 Å². The molecule has 166 valence electrons. The van der Waals surface area contributed by atoms with Gasteiger partial charge in [0.2, 0.25) is 10.0 Å². The van der Waals surface area contributed by atoms with Crippen molar-refractivity contribution in [1.29, 1.82) is 0 Å². The molecule has 0 saturated heterocycles. The van der Waals surface area contributed by atoms with Crippen molar-refractivity contribution in [1.82, 2.24) is 4.31 Å². The summed E-state index contributed by atoms with van der Waals surface area (Å²) >= 11 is 0. The fourth-order valence-corrected chi connectivity index (χ4v) is 4.65. The monoisotopic (exact) mass is 450 g/mol. The maximum absolute atomic E-state index is 12.5. The van der Waals surface area contributed by atoms with Crippen molar-refractivity contribution in [2.75, 3.05) is 19.9 Å². The Labute approximate surface area is 179 Å². The minimum atomic E-state index is -3.63. The Morgan fingerprint density at radius 2 is 1.87 bits per heavy atom. The van der Waals surface area contributed by atoms with E-state index in [1.165, 1.54) is 40.7 Å². The summed E-state index contributed by atoms with van der Waals surface area (Å²) in [5, 5.41) is 11.2. The van der Waals surface area contributed by atoms with E-state index in [0.717, 1.165) is 0 Å². The Kier molecular flexibility index (Phi) is 6.88. The molecule has 0 atom stereocenters. The number of nitrogens with zero attached hydrogens (tertiary/aromatic N) is 2. The van der Waals surface area contributed by atoms with Gasteiger partial charge in [0.15, 0.2) is 6.79 Å². The van der Waals surface area contributed by atoms with Gasteiger partial charge in [0.1, 0.15) is 12.4 Å². The lowest BCUT2D eigenvalue weighted by Crippen LogP contribution is -2.30. The SMILES string of the molecule is CCN(CC)S(=O)(=O)c1ccc(C(=O)OCc2cc([N+](=O)[O-])cc3c2OCOC3)cc1. The largest absolute Gasteiger partial charge is 0.467 e. The number of benzene rings is 2. The van der Waals surface area contributed by atoms with Crippen LogP contribution in [0.4, 0.5) is 5.69 Å². The Morgan fingerprint density at radius 3 is 2.48 bits per heavy atom. The molecule has 0 amide bonds. The van der Waals surface area contributed by atoms with Crippen molar-refractivity contribution in [3.05, 3.63) is 63.2 Å². The van der Waals surface area contributed by atoms with E-state index in [1.54, 1.807) is 13.8 Å². The van der Waals surface area contributed by atoms with Crippen molar-refractivity contribution in [3.63, 3.8) is 0 Å². The number of non-ortho nitro benzene ring substituents is 1. The second-order valence-electron chi connectivity index (χ2n) is 6.65. The molecule has 3 rings (SSSR count). The van der Waals surface area contributed by atoms with Crippen LogP contribution in [0.1, 0.15) is 35.3 Å². The highest BCUT2D eigenvalue weighted by Gasteiger charge is 2.23. The lowest BCUT2D eigenvalue weighted by molar-refractivity contribution is -0.385. The molecule has 2 aromatic carbocycles. The predicted octanol–water partition coefficient (Wildman–Crippen LogP) is 2.85. The fourth-order valence-electron chi connectivity index (χ4n) is 3.20. The second-order valence-corrected chi connectivity index (χ2v) is 8.59. The van der Waals surface area contributed by atoms with Crippen LogP contribution in [-0.4, -0.2) is 43.5 Å². The third-order valence-electron chi connectivity index (χ3n) is 4.77. The van der Waals surface area contributed by atoms with Crippen LogP contribution in [0.25, 0.3) is 0 Å². The first kappa shape index (κ1) is 22.7. The van der Waals surface area contributed by atoms with E-state index >= 15 is 0 Å². The molecule has 0 radical (unpaired) electrons. The number of esters is 1. The van der Waals surface area contributed by atoms with Crippen molar-refractivity contribution < 1.29 is 32.3 Å². The number of carbonyl (C=O) groups excluding carboxylic acids is 1. The number of hydrogen-bond acceptors (Lipinski definition) is 8. The highest BCUT2D eigenvalue weighted by molar-refractivity contribution is 7.89. The normalized spacial score (nSPS) is 13.4. The molecule has 0 bridgehead atoms. The number of nitro benzene ring substituents is 1. The molecule has 10 nitrogen and oxygen atoms in total. The molecule has 11 heteroatoms. The number of nitro groups is 1. The zero-order valence-corrected chi connectivity index (χ0v) is 17.9. The van der Waals surface area contributed by atoms with E-state index in [2.05, 4.69) is 0 Å². The van der Waals surface area contributed by atoms with E-state index in [0.29, 0.717) is 30.0 Å². The molecular formula is C20H22N2O8S. The minimum Gasteiger partial charge on any atom is -0.467 e. The van der Waals surface area contributed by atoms with Crippen LogP contribution in [0.5, 0.6) is 5.75 Å². The molecule has 1 aliphatic rings. The van der Waals surface area contributed by atoms with E-state index in [9.17, 15) is 23.3 Å². The van der Waals surface area contributed by atoms with Gasteiger partial charge in [0, 0.05) is 36.3 Å². The van der Waals surface area contributed by atoms with Gasteiger partial charge in [-0.3, -0.25) is 10.1 Å². The summed E-state index contributed by atoms with van der Waals surface area (Å²) in [6, 6.07) is 8.07. The lowest BCUT2D eigenvalue weighted by atomic mass is 10.1. The Balaban J connectivity index is 1.76. The average molecular weight is 450 g/mol. The van der Waals surface area contributed by atoms with Gasteiger partial charge in [-0.15, -0.1) is 0 Å². The van der Waals surface area contributed by atoms with Crippen LogP contribution in [-0.2, 0) is 32.7 Å². The highest BCUT2D eigenvalue weighted by atomic mass is 32.2. The van der Waals surface area contributed by atoms with Gasteiger partial charge in [-0.05, 0) is 24.3 Å². The summed E-state index contributed by atoms with van der Waals surface area (Å²) in [7, 11) is -3.63. The van der Waals surface area contributed by atoms with Crippen molar-refractivity contribution in [2.24, 2.45) is 0 Å². The van der Waals surface area contributed by atoms with Crippen LogP contribution in [0.15, 0.2) is 41.3 Å². The first-order valence-electron chi connectivity index (χ1n) is 9.56. The zero-order chi connectivity index (χ0) is 22.6. The van der Waals surface area contributed by atoms with Crippen LogP contribution in [0.3, 0.4) is 0 Å². The van der Waals surface area contributed by atoms with Crippen LogP contribution < -0.4 is 4.74 Å². The molecule has 1 aliphatic heterocycles. The van der Waals surface area contributed by atoms with Gasteiger partial charge in [-0.25, -0.2) is 13.2 Å². The molecule has 0 spiro atoms. The van der Waals surface area contributed by atoms with Gasteiger partial charge in [-0.1, -0.05) is 13.8 Å². The van der Waals surface area contributed by atoms with Crippen molar-refractivity contribution >= 4 is 21.7 Å². The van der Waals surface area contributed by atoms with Gasteiger partial charge in [0.05, 0.1) is 22.0 Å². The molecular weight excluding hydrogens is 428 g/mol. The molecule has 31 heavy (non-hydrogen) atoms. The van der Waals surface area contributed by atoms with Crippen molar-refractivity contribution in [2.45, 2.75) is 32.0 Å². The lowest BCUT2D eigenvalue weighted by Gasteiger charge is -2.20. The average Bonchev–Trinajstić information content (AvgIpc) is 2.77. The number of fused-ring (bicyclic) bond motifs is 1. The molecule has 0 aliphatic carbocycles. The first-order chi connectivity index (χ1) is 14.8. The molecule has 1 heterocycles. The molecule has 2 aromatic rings. The van der Waals surface area contributed by atoms with Gasteiger partial charge >= 0.3 is 5.97 Å². The number of carbonyl (C=O) groups is 1. The summed E-state index contributed by atoms with van der Waals surface area (Å²) in [5.74, 6) is -0.301. The summed E-state index contributed by atoms with van der Waals surface area (Å²) in [6.07, 6.45) is 0. The minimum absolute atomic E-state index is 0.00572. The van der Waals surface area contributed by atoms with Gasteiger partial charge in [0.25, 0.3) is 5.69 Å².